The summed E-state index contributed by atoms with van der Waals surface area (Å²) in [6.45, 7) is 4.61. The molecule has 3 aliphatic carbocycles. The first-order chi connectivity index (χ1) is 17.2. The van der Waals surface area contributed by atoms with Crippen LogP contribution in [0.25, 0.3) is 0 Å². The van der Waals surface area contributed by atoms with Gasteiger partial charge in [-0.2, -0.15) is 0 Å². The number of hydrogen-bond acceptors (Lipinski definition) is 2. The van der Waals surface area contributed by atoms with Gasteiger partial charge in [-0.05, 0) is 111 Å². The Bertz CT molecular complexity index is 729. The number of hydrogen-bond donors (Lipinski definition) is 0. The van der Waals surface area contributed by atoms with Gasteiger partial charge in [0, 0.05) is 0 Å². The van der Waals surface area contributed by atoms with Crippen molar-refractivity contribution in [3.63, 3.8) is 0 Å². The third kappa shape index (κ3) is 7.83. The highest BCUT2D eigenvalue weighted by atomic mass is 16.5. The summed E-state index contributed by atoms with van der Waals surface area (Å²) in [7, 11) is 0. The third-order valence-electron chi connectivity index (χ3n) is 9.93. The molecule has 0 radical (unpaired) electrons. The van der Waals surface area contributed by atoms with Crippen LogP contribution >= 0.6 is 0 Å². The van der Waals surface area contributed by atoms with Gasteiger partial charge >= 0.3 is 5.97 Å². The Morgan fingerprint density at radius 3 is 1.86 bits per heavy atom. The van der Waals surface area contributed by atoms with Crippen molar-refractivity contribution in [2.24, 2.45) is 23.7 Å². The molecule has 2 heteroatoms. The second kappa shape index (κ2) is 13.8. The van der Waals surface area contributed by atoms with E-state index in [0.717, 1.165) is 42.1 Å². The molecule has 0 atom stereocenters. The van der Waals surface area contributed by atoms with Crippen LogP contribution in [-0.2, 0) is 4.74 Å². The van der Waals surface area contributed by atoms with E-state index in [1.165, 1.54) is 108 Å². The zero-order chi connectivity index (χ0) is 24.5. The summed E-state index contributed by atoms with van der Waals surface area (Å²) < 4.78 is 5.90. The van der Waals surface area contributed by atoms with Crippen LogP contribution in [-0.4, -0.2) is 12.1 Å². The van der Waals surface area contributed by atoms with Crippen LogP contribution in [0, 0.1) is 23.7 Å². The highest BCUT2D eigenvalue weighted by Crippen LogP contribution is 2.44. The molecule has 0 unspecified atom stereocenters. The Morgan fingerprint density at radius 2 is 1.26 bits per heavy atom. The molecule has 3 saturated carbocycles. The van der Waals surface area contributed by atoms with Gasteiger partial charge in [0.1, 0.15) is 6.10 Å². The summed E-state index contributed by atoms with van der Waals surface area (Å²) in [6.07, 6.45) is 24.2. The van der Waals surface area contributed by atoms with Crippen molar-refractivity contribution >= 4 is 5.97 Å². The van der Waals surface area contributed by atoms with Crippen molar-refractivity contribution in [2.75, 3.05) is 0 Å². The quantitative estimate of drug-likeness (QED) is 0.246. The van der Waals surface area contributed by atoms with Gasteiger partial charge in [-0.15, -0.1) is 0 Å². The minimum absolute atomic E-state index is 0.117. The van der Waals surface area contributed by atoms with E-state index < -0.39 is 0 Å². The summed E-state index contributed by atoms with van der Waals surface area (Å²) in [4.78, 5) is 12.8. The van der Waals surface area contributed by atoms with Crippen molar-refractivity contribution in [2.45, 2.75) is 141 Å². The van der Waals surface area contributed by atoms with E-state index >= 15 is 0 Å². The Morgan fingerprint density at radius 1 is 0.686 bits per heavy atom. The Hall–Kier alpha value is -1.31. The first-order valence-electron chi connectivity index (χ1n) is 15.5. The lowest BCUT2D eigenvalue weighted by Crippen LogP contribution is -2.25. The van der Waals surface area contributed by atoms with Gasteiger partial charge in [-0.25, -0.2) is 4.79 Å². The number of carbonyl (C=O) groups excluding carboxylic acids is 1. The molecule has 4 rings (SSSR count). The molecule has 0 bridgehead atoms. The summed E-state index contributed by atoms with van der Waals surface area (Å²) >= 11 is 0. The van der Waals surface area contributed by atoms with Gasteiger partial charge in [0.2, 0.25) is 0 Å². The van der Waals surface area contributed by atoms with Gasteiger partial charge in [-0.1, -0.05) is 77.3 Å². The molecule has 3 fully saturated rings. The average molecular weight is 481 g/mol. The fraction of sp³-hybridized carbons (Fsp3) is 0.788. The molecular formula is C33H52O2. The maximum Gasteiger partial charge on any atom is 0.338 e. The molecule has 0 spiro atoms. The largest absolute Gasteiger partial charge is 0.459 e. The molecule has 0 saturated heterocycles. The van der Waals surface area contributed by atoms with E-state index in [-0.39, 0.29) is 12.1 Å². The van der Waals surface area contributed by atoms with Crippen LogP contribution in [0.5, 0.6) is 0 Å². The molecule has 1 aromatic carbocycles. The number of carbonyl (C=O) groups is 1. The van der Waals surface area contributed by atoms with E-state index in [0.29, 0.717) is 5.92 Å². The molecular weight excluding hydrogens is 428 g/mol. The predicted molar refractivity (Wildman–Crippen MR) is 147 cm³/mol. The average Bonchev–Trinajstić information content (AvgIpc) is 2.91. The van der Waals surface area contributed by atoms with Crippen LogP contribution in [0.15, 0.2) is 24.3 Å². The molecule has 0 aliphatic heterocycles. The highest BCUT2D eigenvalue weighted by molar-refractivity contribution is 5.89. The minimum Gasteiger partial charge on any atom is -0.459 e. The van der Waals surface area contributed by atoms with E-state index in [1.807, 2.05) is 12.1 Å². The van der Waals surface area contributed by atoms with Crippen LogP contribution in [0.4, 0.5) is 0 Å². The maximum absolute atomic E-state index is 12.8. The fourth-order valence-electron chi connectivity index (χ4n) is 7.61. The minimum atomic E-state index is -0.117. The number of esters is 1. The standard InChI is InChI=1S/C33H52O2/c1-3-5-6-8-26-11-23-32(24-12-26)35-33(34)31-21-19-30(20-22-31)29-17-15-28(16-18-29)27-13-9-25(7-4-2)10-14-27/h19-22,25-29,32H,3-18,23-24H2,1-2H3/t25-,26-,27-,28?,29?,32-. The lowest BCUT2D eigenvalue weighted by atomic mass is 9.68. The molecule has 0 heterocycles. The van der Waals surface area contributed by atoms with E-state index in [2.05, 4.69) is 26.0 Å². The Balaban J connectivity index is 1.17. The van der Waals surface area contributed by atoms with Crippen LogP contribution in [0.1, 0.15) is 151 Å². The molecule has 0 N–H and O–H groups in total. The lowest BCUT2D eigenvalue weighted by Gasteiger charge is -2.38. The number of rotatable bonds is 10. The molecule has 2 nitrogen and oxygen atoms in total. The summed E-state index contributed by atoms with van der Waals surface area (Å²) in [6, 6.07) is 8.47. The highest BCUT2D eigenvalue weighted by Gasteiger charge is 2.31. The molecule has 35 heavy (non-hydrogen) atoms. The Kier molecular flexibility index (Phi) is 10.6. The lowest BCUT2D eigenvalue weighted by molar-refractivity contribution is 0.0161. The second-order valence-corrected chi connectivity index (χ2v) is 12.3. The first-order valence-corrected chi connectivity index (χ1v) is 15.5. The topological polar surface area (TPSA) is 26.3 Å². The van der Waals surface area contributed by atoms with Gasteiger partial charge in [-0.3, -0.25) is 0 Å². The smallest absolute Gasteiger partial charge is 0.338 e. The van der Waals surface area contributed by atoms with Gasteiger partial charge < -0.3 is 4.74 Å². The van der Waals surface area contributed by atoms with Gasteiger partial charge in [0.15, 0.2) is 0 Å². The maximum atomic E-state index is 12.8. The van der Waals surface area contributed by atoms with Gasteiger partial charge in [0.05, 0.1) is 5.56 Å². The monoisotopic (exact) mass is 480 g/mol. The van der Waals surface area contributed by atoms with E-state index in [1.54, 1.807) is 0 Å². The fourth-order valence-corrected chi connectivity index (χ4v) is 7.61. The molecule has 0 amide bonds. The SMILES string of the molecule is CCCCC[C@H]1CC[C@H](OC(=O)c2ccc(C3CCC([C@H]4CC[C@H](CCC)CC4)CC3)cc2)CC1. The normalized spacial score (nSPS) is 31.7. The predicted octanol–water partition coefficient (Wildman–Crippen LogP) is 9.86. The first kappa shape index (κ1) is 26.7. The van der Waals surface area contributed by atoms with Crippen LogP contribution in [0.2, 0.25) is 0 Å². The van der Waals surface area contributed by atoms with E-state index in [9.17, 15) is 4.79 Å². The van der Waals surface area contributed by atoms with Crippen molar-refractivity contribution in [3.05, 3.63) is 35.4 Å². The van der Waals surface area contributed by atoms with E-state index in [4.69, 9.17) is 4.74 Å². The Labute approximate surface area is 216 Å². The molecule has 1 aromatic rings. The second-order valence-electron chi connectivity index (χ2n) is 12.3. The summed E-state index contributed by atoms with van der Waals surface area (Å²) in [5, 5.41) is 0. The van der Waals surface area contributed by atoms with Crippen molar-refractivity contribution in [1.29, 1.82) is 0 Å². The third-order valence-corrected chi connectivity index (χ3v) is 9.93. The van der Waals surface area contributed by atoms with Crippen LogP contribution in [0.3, 0.4) is 0 Å². The van der Waals surface area contributed by atoms with Gasteiger partial charge in [0.25, 0.3) is 0 Å². The number of ether oxygens (including phenoxy) is 1. The van der Waals surface area contributed by atoms with Crippen molar-refractivity contribution in [3.8, 4) is 0 Å². The summed E-state index contributed by atoms with van der Waals surface area (Å²) in [5.41, 5.74) is 2.16. The number of unbranched alkanes of at least 4 members (excludes halogenated alkanes) is 2. The zero-order valence-corrected chi connectivity index (χ0v) is 22.8. The summed E-state index contributed by atoms with van der Waals surface area (Å²) in [5.74, 6) is 4.38. The zero-order valence-electron chi connectivity index (χ0n) is 22.8. The van der Waals surface area contributed by atoms with Crippen molar-refractivity contribution in [1.82, 2.24) is 0 Å². The molecule has 196 valence electrons. The van der Waals surface area contributed by atoms with Crippen molar-refractivity contribution < 1.29 is 9.53 Å². The molecule has 0 aromatic heterocycles. The number of benzene rings is 1. The van der Waals surface area contributed by atoms with Crippen LogP contribution < -0.4 is 0 Å². The molecule has 3 aliphatic rings.